The minimum Gasteiger partial charge on any atom is -0.497 e. The van der Waals surface area contributed by atoms with Gasteiger partial charge in [0, 0.05) is 13.1 Å². The van der Waals surface area contributed by atoms with Gasteiger partial charge in [-0.2, -0.15) is 4.31 Å². The van der Waals surface area contributed by atoms with E-state index in [2.05, 4.69) is 5.32 Å². The zero-order chi connectivity index (χ0) is 14.9. The maximum atomic E-state index is 12.9. The Hall–Kier alpha value is -1.15. The molecule has 0 aliphatic carbocycles. The van der Waals surface area contributed by atoms with Gasteiger partial charge in [-0.15, -0.1) is 0 Å². The largest absolute Gasteiger partial charge is 0.497 e. The van der Waals surface area contributed by atoms with E-state index in [1.807, 2.05) is 0 Å². The van der Waals surface area contributed by atoms with Crippen LogP contribution in [0.15, 0.2) is 29.2 Å². The molecule has 1 unspecified atom stereocenters. The monoisotopic (exact) mass is 312 g/mol. The summed E-state index contributed by atoms with van der Waals surface area (Å²) in [6.45, 7) is 2.29. The van der Waals surface area contributed by atoms with E-state index in [9.17, 15) is 8.42 Å². The molecule has 6 nitrogen and oxygen atoms in total. The molecular weight excluding hydrogens is 292 g/mol. The van der Waals surface area contributed by atoms with E-state index in [0.717, 1.165) is 19.4 Å². The topological polar surface area (TPSA) is 67.9 Å². The molecule has 2 heterocycles. The Labute approximate surface area is 125 Å². The van der Waals surface area contributed by atoms with E-state index in [-0.39, 0.29) is 4.90 Å². The first-order valence-electron chi connectivity index (χ1n) is 7.10. The number of piperidine rings is 1. The molecule has 2 saturated heterocycles. The number of hydrogen-bond acceptors (Lipinski definition) is 5. The fourth-order valence-electron chi connectivity index (χ4n) is 3.01. The summed E-state index contributed by atoms with van der Waals surface area (Å²) in [4.78, 5) is 0.277. The van der Waals surface area contributed by atoms with Crippen molar-refractivity contribution in [2.24, 2.45) is 0 Å². The summed E-state index contributed by atoms with van der Waals surface area (Å²) in [5.41, 5.74) is -0.725. The standard InChI is InChI=1S/C14H20N2O4S/c1-19-12-3-5-13(6-4-12)21(17,18)16-9-10-20-14(16)7-2-8-15-11-14/h3-6,15H,2,7-11H2,1H3. The predicted octanol–water partition coefficient (Wildman–Crippen LogP) is 0.796. The van der Waals surface area contributed by atoms with E-state index in [1.165, 1.54) is 4.31 Å². The number of nitrogens with zero attached hydrogens (tertiary/aromatic N) is 1. The van der Waals surface area contributed by atoms with Crippen molar-refractivity contribution in [3.63, 3.8) is 0 Å². The molecule has 116 valence electrons. The second kappa shape index (κ2) is 5.57. The molecule has 1 N–H and O–H groups in total. The van der Waals surface area contributed by atoms with Crippen molar-refractivity contribution in [1.82, 2.24) is 9.62 Å². The van der Waals surface area contributed by atoms with E-state index < -0.39 is 15.7 Å². The molecule has 3 rings (SSSR count). The van der Waals surface area contributed by atoms with Gasteiger partial charge in [0.15, 0.2) is 0 Å². The van der Waals surface area contributed by atoms with Crippen molar-refractivity contribution in [3.05, 3.63) is 24.3 Å². The lowest BCUT2D eigenvalue weighted by molar-refractivity contribution is -0.0646. The van der Waals surface area contributed by atoms with Crippen molar-refractivity contribution in [3.8, 4) is 5.75 Å². The first-order chi connectivity index (χ1) is 10.1. The van der Waals surface area contributed by atoms with Crippen LogP contribution in [0.5, 0.6) is 5.75 Å². The molecule has 0 saturated carbocycles. The summed E-state index contributed by atoms with van der Waals surface area (Å²) in [6, 6.07) is 6.48. The highest BCUT2D eigenvalue weighted by Gasteiger charge is 2.49. The van der Waals surface area contributed by atoms with Gasteiger partial charge in [-0.25, -0.2) is 8.42 Å². The van der Waals surface area contributed by atoms with E-state index in [4.69, 9.17) is 9.47 Å². The van der Waals surface area contributed by atoms with Gasteiger partial charge in [0.2, 0.25) is 10.0 Å². The zero-order valence-corrected chi connectivity index (χ0v) is 12.9. The number of rotatable bonds is 3. The average Bonchev–Trinajstić information content (AvgIpc) is 2.92. The molecule has 1 atom stereocenters. The number of hydrogen-bond donors (Lipinski definition) is 1. The average molecular weight is 312 g/mol. The maximum Gasteiger partial charge on any atom is 0.245 e. The Morgan fingerprint density at radius 1 is 1.33 bits per heavy atom. The summed E-state index contributed by atoms with van der Waals surface area (Å²) in [5, 5.41) is 3.24. The highest BCUT2D eigenvalue weighted by atomic mass is 32.2. The fourth-order valence-corrected chi connectivity index (χ4v) is 4.70. The normalized spacial score (nSPS) is 27.1. The predicted molar refractivity (Wildman–Crippen MR) is 77.7 cm³/mol. The highest BCUT2D eigenvalue weighted by Crippen LogP contribution is 2.35. The smallest absolute Gasteiger partial charge is 0.245 e. The molecule has 21 heavy (non-hydrogen) atoms. The second-order valence-corrected chi connectivity index (χ2v) is 7.19. The molecule has 0 radical (unpaired) electrons. The van der Waals surface area contributed by atoms with Gasteiger partial charge >= 0.3 is 0 Å². The van der Waals surface area contributed by atoms with Crippen molar-refractivity contribution >= 4 is 10.0 Å². The molecule has 1 spiro atoms. The van der Waals surface area contributed by atoms with Crippen molar-refractivity contribution in [2.45, 2.75) is 23.5 Å². The number of ether oxygens (including phenoxy) is 2. The van der Waals surface area contributed by atoms with Crippen LogP contribution >= 0.6 is 0 Å². The van der Waals surface area contributed by atoms with Crippen LogP contribution in [0.4, 0.5) is 0 Å². The molecule has 1 aromatic rings. The van der Waals surface area contributed by atoms with Crippen molar-refractivity contribution < 1.29 is 17.9 Å². The van der Waals surface area contributed by atoms with Crippen LogP contribution in [0, 0.1) is 0 Å². The lowest BCUT2D eigenvalue weighted by Gasteiger charge is -2.39. The van der Waals surface area contributed by atoms with Crippen LogP contribution in [0.2, 0.25) is 0 Å². The minimum absolute atomic E-state index is 0.277. The highest BCUT2D eigenvalue weighted by molar-refractivity contribution is 7.89. The molecular formula is C14H20N2O4S. The molecule has 1 aromatic carbocycles. The summed E-state index contributed by atoms with van der Waals surface area (Å²) < 4.78 is 38.2. The van der Waals surface area contributed by atoms with E-state index in [0.29, 0.717) is 25.4 Å². The molecule has 2 fully saturated rings. The summed E-state index contributed by atoms with van der Waals surface area (Å²) in [5.74, 6) is 0.640. The first-order valence-corrected chi connectivity index (χ1v) is 8.54. The van der Waals surface area contributed by atoms with Crippen LogP contribution in [-0.2, 0) is 14.8 Å². The number of sulfonamides is 1. The summed E-state index contributed by atoms with van der Waals surface area (Å²) >= 11 is 0. The van der Waals surface area contributed by atoms with Gasteiger partial charge in [-0.05, 0) is 43.7 Å². The van der Waals surface area contributed by atoms with Gasteiger partial charge in [0.1, 0.15) is 11.5 Å². The van der Waals surface area contributed by atoms with E-state index >= 15 is 0 Å². The summed E-state index contributed by atoms with van der Waals surface area (Å²) in [6.07, 6.45) is 1.64. The van der Waals surface area contributed by atoms with Gasteiger partial charge in [-0.1, -0.05) is 0 Å². The van der Waals surface area contributed by atoms with Gasteiger partial charge in [-0.3, -0.25) is 0 Å². The molecule has 7 heteroatoms. The lowest BCUT2D eigenvalue weighted by atomic mass is 10.0. The first kappa shape index (κ1) is 14.8. The zero-order valence-electron chi connectivity index (χ0n) is 12.0. The minimum atomic E-state index is -3.56. The second-order valence-electron chi connectivity index (χ2n) is 5.33. The van der Waals surface area contributed by atoms with Crippen LogP contribution in [-0.4, -0.2) is 51.8 Å². The third-order valence-electron chi connectivity index (χ3n) is 4.09. The fraction of sp³-hybridized carbons (Fsp3) is 0.571. The SMILES string of the molecule is COc1ccc(S(=O)(=O)N2CCOC23CCCNC3)cc1. The number of methoxy groups -OCH3 is 1. The van der Waals surface area contributed by atoms with Crippen LogP contribution in [0.3, 0.4) is 0 Å². The van der Waals surface area contributed by atoms with Crippen molar-refractivity contribution in [1.29, 1.82) is 0 Å². The molecule has 0 aromatic heterocycles. The lowest BCUT2D eigenvalue weighted by Crippen LogP contribution is -2.56. The van der Waals surface area contributed by atoms with Crippen LogP contribution in [0.1, 0.15) is 12.8 Å². The van der Waals surface area contributed by atoms with Gasteiger partial charge in [0.05, 0.1) is 18.6 Å². The Bertz CT molecular complexity index is 594. The molecule has 2 aliphatic heterocycles. The van der Waals surface area contributed by atoms with Crippen LogP contribution in [0.25, 0.3) is 0 Å². The molecule has 0 bridgehead atoms. The number of benzene rings is 1. The Morgan fingerprint density at radius 3 is 2.71 bits per heavy atom. The third-order valence-corrected chi connectivity index (χ3v) is 6.05. The summed E-state index contributed by atoms with van der Waals surface area (Å²) in [7, 11) is -2.00. The quantitative estimate of drug-likeness (QED) is 0.894. The van der Waals surface area contributed by atoms with Crippen LogP contribution < -0.4 is 10.1 Å². The third kappa shape index (κ3) is 2.55. The Kier molecular flexibility index (Phi) is 3.92. The molecule has 0 amide bonds. The van der Waals surface area contributed by atoms with E-state index in [1.54, 1.807) is 31.4 Å². The Morgan fingerprint density at radius 2 is 2.10 bits per heavy atom. The van der Waals surface area contributed by atoms with Gasteiger partial charge < -0.3 is 14.8 Å². The van der Waals surface area contributed by atoms with Crippen molar-refractivity contribution in [2.75, 3.05) is 33.4 Å². The Balaban J connectivity index is 1.92. The van der Waals surface area contributed by atoms with Gasteiger partial charge in [0.25, 0.3) is 0 Å². The maximum absolute atomic E-state index is 12.9. The number of nitrogens with one attached hydrogen (secondary N) is 1. The molecule has 2 aliphatic rings.